The third-order valence-corrected chi connectivity index (χ3v) is 4.59. The molecule has 126 valence electrons. The van der Waals surface area contributed by atoms with E-state index in [4.69, 9.17) is 0 Å². The molecule has 0 heterocycles. The Balaban J connectivity index is 1.78. The van der Waals surface area contributed by atoms with Crippen LogP contribution in [0, 0.1) is 5.92 Å². The lowest BCUT2D eigenvalue weighted by molar-refractivity contribution is 0.0747. The predicted molar refractivity (Wildman–Crippen MR) is 96.7 cm³/mol. The van der Waals surface area contributed by atoms with Crippen molar-refractivity contribution in [1.29, 1.82) is 0 Å². The van der Waals surface area contributed by atoms with E-state index in [1.165, 1.54) is 12.8 Å². The molecule has 1 fully saturated rings. The molecule has 1 saturated carbocycles. The molecule has 2 aromatic carbocycles. The van der Waals surface area contributed by atoms with Gasteiger partial charge in [0.05, 0.1) is 6.61 Å². The molecule has 1 aliphatic rings. The maximum Gasteiger partial charge on any atom is 0.253 e. The Morgan fingerprint density at radius 2 is 1.83 bits per heavy atom. The van der Waals surface area contributed by atoms with Crippen LogP contribution in [0.3, 0.4) is 0 Å². The number of benzene rings is 2. The molecule has 0 unspecified atom stereocenters. The van der Waals surface area contributed by atoms with E-state index in [1.54, 1.807) is 0 Å². The zero-order chi connectivity index (χ0) is 16.9. The highest BCUT2D eigenvalue weighted by molar-refractivity contribution is 5.94. The molecule has 0 aromatic heterocycles. The van der Waals surface area contributed by atoms with Crippen molar-refractivity contribution >= 4 is 5.91 Å². The molecule has 0 atom stereocenters. The summed E-state index contributed by atoms with van der Waals surface area (Å²) in [5.74, 6) is 0.835. The van der Waals surface area contributed by atoms with Crippen molar-refractivity contribution in [2.24, 2.45) is 5.92 Å². The van der Waals surface area contributed by atoms with Gasteiger partial charge in [-0.3, -0.25) is 4.79 Å². The van der Waals surface area contributed by atoms with Gasteiger partial charge in [-0.25, -0.2) is 0 Å². The zero-order valence-corrected chi connectivity index (χ0v) is 14.2. The van der Waals surface area contributed by atoms with Crippen LogP contribution < -0.4 is 0 Å². The number of nitrogens with zero attached hydrogens (tertiary/aromatic N) is 1. The van der Waals surface area contributed by atoms with Crippen LogP contribution in [0.2, 0.25) is 0 Å². The minimum absolute atomic E-state index is 0.0164. The van der Waals surface area contributed by atoms with Crippen molar-refractivity contribution in [1.82, 2.24) is 4.90 Å². The van der Waals surface area contributed by atoms with Gasteiger partial charge < -0.3 is 10.0 Å². The summed E-state index contributed by atoms with van der Waals surface area (Å²) in [5.41, 5.74) is 3.69. The topological polar surface area (TPSA) is 40.5 Å². The number of carbonyl (C=O) groups is 1. The largest absolute Gasteiger partial charge is 0.392 e. The number of rotatable bonds is 7. The molecule has 1 aliphatic carbocycles. The van der Waals surface area contributed by atoms with Gasteiger partial charge >= 0.3 is 0 Å². The van der Waals surface area contributed by atoms with Crippen molar-refractivity contribution in [3.05, 3.63) is 59.7 Å². The Morgan fingerprint density at radius 1 is 1.12 bits per heavy atom. The van der Waals surface area contributed by atoms with Crippen molar-refractivity contribution in [2.45, 2.75) is 32.8 Å². The summed E-state index contributed by atoms with van der Waals surface area (Å²) < 4.78 is 0. The molecule has 3 rings (SSSR count). The summed E-state index contributed by atoms with van der Waals surface area (Å²) >= 11 is 0. The summed E-state index contributed by atoms with van der Waals surface area (Å²) in [4.78, 5) is 14.7. The van der Waals surface area contributed by atoms with Crippen LogP contribution in [-0.2, 0) is 6.61 Å². The van der Waals surface area contributed by atoms with E-state index in [0.717, 1.165) is 41.8 Å². The highest BCUT2D eigenvalue weighted by Crippen LogP contribution is 2.30. The van der Waals surface area contributed by atoms with Crippen LogP contribution in [0.1, 0.15) is 42.1 Å². The lowest BCUT2D eigenvalue weighted by Crippen LogP contribution is -2.33. The first-order valence-corrected chi connectivity index (χ1v) is 8.81. The maximum atomic E-state index is 12.8. The van der Waals surface area contributed by atoms with E-state index in [9.17, 15) is 9.90 Å². The lowest BCUT2D eigenvalue weighted by atomic mass is 9.99. The lowest BCUT2D eigenvalue weighted by Gasteiger charge is -2.22. The Morgan fingerprint density at radius 3 is 2.46 bits per heavy atom. The van der Waals surface area contributed by atoms with E-state index < -0.39 is 0 Å². The van der Waals surface area contributed by atoms with E-state index >= 15 is 0 Å². The van der Waals surface area contributed by atoms with Gasteiger partial charge in [0.15, 0.2) is 0 Å². The smallest absolute Gasteiger partial charge is 0.253 e. The fourth-order valence-corrected chi connectivity index (χ4v) is 3.07. The number of aliphatic hydroxyl groups is 1. The Bertz CT molecular complexity index is 689. The average molecular weight is 323 g/mol. The average Bonchev–Trinajstić information content (AvgIpc) is 3.45. The van der Waals surface area contributed by atoms with E-state index in [2.05, 4.69) is 6.92 Å². The maximum absolute atomic E-state index is 12.8. The van der Waals surface area contributed by atoms with Gasteiger partial charge in [-0.2, -0.15) is 0 Å². The first-order valence-electron chi connectivity index (χ1n) is 8.81. The standard InChI is InChI=1S/C21H25NO2/c1-2-13-22(14-16-7-8-16)21(24)18-11-9-17(10-12-18)20-6-4-3-5-19(20)15-23/h3-6,9-12,16,23H,2,7-8,13-15H2,1H3. The first kappa shape index (κ1) is 16.7. The molecular formula is C21H25NO2. The summed E-state index contributed by atoms with van der Waals surface area (Å²) in [5, 5.41) is 9.48. The van der Waals surface area contributed by atoms with Gasteiger partial charge in [0.1, 0.15) is 0 Å². The molecule has 3 nitrogen and oxygen atoms in total. The Labute approximate surface area is 143 Å². The third kappa shape index (κ3) is 3.85. The molecule has 24 heavy (non-hydrogen) atoms. The molecule has 3 heteroatoms. The molecule has 2 aromatic rings. The minimum Gasteiger partial charge on any atom is -0.392 e. The molecule has 0 bridgehead atoms. The number of hydrogen-bond acceptors (Lipinski definition) is 2. The van der Waals surface area contributed by atoms with Crippen LogP contribution in [0.4, 0.5) is 0 Å². The fraction of sp³-hybridized carbons (Fsp3) is 0.381. The van der Waals surface area contributed by atoms with E-state index in [1.807, 2.05) is 53.4 Å². The quantitative estimate of drug-likeness (QED) is 0.833. The van der Waals surface area contributed by atoms with Crippen LogP contribution in [-0.4, -0.2) is 29.0 Å². The van der Waals surface area contributed by atoms with Crippen molar-refractivity contribution in [3.63, 3.8) is 0 Å². The molecule has 0 saturated heterocycles. The fourth-order valence-electron chi connectivity index (χ4n) is 3.07. The second kappa shape index (κ2) is 7.63. The highest BCUT2D eigenvalue weighted by atomic mass is 16.3. The number of aliphatic hydroxyl groups excluding tert-OH is 1. The van der Waals surface area contributed by atoms with Gasteiger partial charge in [0.2, 0.25) is 0 Å². The molecule has 0 spiro atoms. The number of amides is 1. The molecule has 1 amide bonds. The van der Waals surface area contributed by atoms with Gasteiger partial charge in [0.25, 0.3) is 5.91 Å². The predicted octanol–water partition coefficient (Wildman–Crippen LogP) is 4.11. The van der Waals surface area contributed by atoms with E-state index in [0.29, 0.717) is 5.92 Å². The molecule has 0 aliphatic heterocycles. The summed E-state index contributed by atoms with van der Waals surface area (Å²) in [7, 11) is 0. The number of hydrogen-bond donors (Lipinski definition) is 1. The first-order chi connectivity index (χ1) is 11.7. The number of carbonyl (C=O) groups excluding carboxylic acids is 1. The van der Waals surface area contributed by atoms with Crippen LogP contribution in [0.5, 0.6) is 0 Å². The summed E-state index contributed by atoms with van der Waals surface area (Å²) in [6.07, 6.45) is 3.50. The zero-order valence-electron chi connectivity index (χ0n) is 14.2. The highest BCUT2D eigenvalue weighted by Gasteiger charge is 2.26. The monoisotopic (exact) mass is 323 g/mol. The molecule has 1 N–H and O–H groups in total. The minimum atomic E-state index is 0.0164. The normalized spacial score (nSPS) is 13.8. The second-order valence-electron chi connectivity index (χ2n) is 6.59. The summed E-state index contributed by atoms with van der Waals surface area (Å²) in [6.45, 7) is 3.84. The van der Waals surface area contributed by atoms with Crippen LogP contribution >= 0.6 is 0 Å². The van der Waals surface area contributed by atoms with Gasteiger partial charge in [-0.15, -0.1) is 0 Å². The van der Waals surface area contributed by atoms with Crippen LogP contribution in [0.25, 0.3) is 11.1 Å². The third-order valence-electron chi connectivity index (χ3n) is 4.59. The molecular weight excluding hydrogens is 298 g/mol. The van der Waals surface area contributed by atoms with Crippen molar-refractivity contribution < 1.29 is 9.90 Å². The summed E-state index contributed by atoms with van der Waals surface area (Å²) in [6, 6.07) is 15.6. The van der Waals surface area contributed by atoms with E-state index in [-0.39, 0.29) is 12.5 Å². The second-order valence-corrected chi connectivity index (χ2v) is 6.59. The van der Waals surface area contributed by atoms with Gasteiger partial charge in [-0.1, -0.05) is 43.3 Å². The Kier molecular flexibility index (Phi) is 5.31. The van der Waals surface area contributed by atoms with Crippen molar-refractivity contribution in [3.8, 4) is 11.1 Å². The SMILES string of the molecule is CCCN(CC1CC1)C(=O)c1ccc(-c2ccccc2CO)cc1. The van der Waals surface area contributed by atoms with Gasteiger partial charge in [-0.05, 0) is 54.0 Å². The van der Waals surface area contributed by atoms with Gasteiger partial charge in [0, 0.05) is 18.7 Å². The van der Waals surface area contributed by atoms with Crippen molar-refractivity contribution in [2.75, 3.05) is 13.1 Å². The Hall–Kier alpha value is -2.13. The van der Waals surface area contributed by atoms with Crippen LogP contribution in [0.15, 0.2) is 48.5 Å². The molecule has 0 radical (unpaired) electrons.